The van der Waals surface area contributed by atoms with Crippen LogP contribution in [0.2, 0.25) is 0 Å². The highest BCUT2D eigenvalue weighted by Gasteiger charge is 2.24. The number of hydrogen-bond acceptors (Lipinski definition) is 7. The Balaban J connectivity index is 1.76. The number of carbonyl (C=O) groups is 2. The topological polar surface area (TPSA) is 86.7 Å². The van der Waals surface area contributed by atoms with Crippen LogP contribution in [-0.4, -0.2) is 51.2 Å². The number of oxime groups is 1. The maximum atomic E-state index is 11.9. The molecule has 1 fully saturated rings. The van der Waals surface area contributed by atoms with Crippen LogP contribution < -0.4 is 9.64 Å². The van der Waals surface area contributed by atoms with Crippen molar-refractivity contribution in [3.8, 4) is 5.75 Å². The first-order valence-corrected chi connectivity index (χ1v) is 10.1. The van der Waals surface area contributed by atoms with Gasteiger partial charge in [0.15, 0.2) is 0 Å². The van der Waals surface area contributed by atoms with Gasteiger partial charge in [-0.1, -0.05) is 36.3 Å². The second-order valence-electron chi connectivity index (χ2n) is 6.88. The molecule has 1 amide bonds. The van der Waals surface area contributed by atoms with Gasteiger partial charge in [-0.2, -0.15) is 0 Å². The third kappa shape index (κ3) is 6.21. The van der Waals surface area contributed by atoms with E-state index in [0.29, 0.717) is 31.2 Å². The number of anilines is 1. The first-order chi connectivity index (χ1) is 15.1. The van der Waals surface area contributed by atoms with Crippen molar-refractivity contribution < 1.29 is 28.6 Å². The second kappa shape index (κ2) is 11.0. The normalized spacial score (nSPS) is 13.7. The van der Waals surface area contributed by atoms with Gasteiger partial charge in [-0.15, -0.1) is 0 Å². The highest BCUT2D eigenvalue weighted by molar-refractivity contribution is 6.03. The third-order valence-electron chi connectivity index (χ3n) is 4.57. The summed E-state index contributed by atoms with van der Waals surface area (Å²) in [6.45, 7) is 3.51. The molecule has 0 unspecified atom stereocenters. The van der Waals surface area contributed by atoms with Gasteiger partial charge in [0.1, 0.15) is 31.3 Å². The van der Waals surface area contributed by atoms with E-state index in [0.717, 1.165) is 23.2 Å². The van der Waals surface area contributed by atoms with Crippen molar-refractivity contribution in [1.29, 1.82) is 0 Å². The number of carbonyl (C=O) groups excluding carboxylic acids is 2. The average molecular weight is 426 g/mol. The number of ether oxygens (including phenoxy) is 3. The summed E-state index contributed by atoms with van der Waals surface area (Å²) >= 11 is 0. The molecule has 1 heterocycles. The standard InChI is InChI=1S/C23H26N2O6/c1-3-11-31-24-21(16-30-20-9-4-6-17(13-20)14-22(26)28-2)18-7-5-8-19(15-18)25-10-12-29-23(25)27/h4-9,13,15H,3,10-12,14,16H2,1-2H3/b24-21+. The predicted molar refractivity (Wildman–Crippen MR) is 116 cm³/mol. The zero-order valence-electron chi connectivity index (χ0n) is 17.7. The van der Waals surface area contributed by atoms with Gasteiger partial charge in [-0.3, -0.25) is 9.69 Å². The number of methoxy groups -OCH3 is 1. The van der Waals surface area contributed by atoms with E-state index in [-0.39, 0.29) is 25.1 Å². The molecule has 3 rings (SSSR count). The number of esters is 1. The lowest BCUT2D eigenvalue weighted by Gasteiger charge is -2.15. The molecule has 8 heteroatoms. The average Bonchev–Trinajstić information content (AvgIpc) is 3.22. The van der Waals surface area contributed by atoms with Crippen LogP contribution in [0.25, 0.3) is 0 Å². The summed E-state index contributed by atoms with van der Waals surface area (Å²) in [4.78, 5) is 30.4. The van der Waals surface area contributed by atoms with Crippen LogP contribution in [0, 0.1) is 0 Å². The Morgan fingerprint density at radius 2 is 2.03 bits per heavy atom. The molecule has 164 valence electrons. The summed E-state index contributed by atoms with van der Waals surface area (Å²) in [6.07, 6.45) is 0.631. The van der Waals surface area contributed by atoms with E-state index in [1.807, 2.05) is 49.4 Å². The fraction of sp³-hybridized carbons (Fsp3) is 0.348. The van der Waals surface area contributed by atoms with Crippen molar-refractivity contribution in [2.45, 2.75) is 19.8 Å². The lowest BCUT2D eigenvalue weighted by molar-refractivity contribution is -0.139. The number of rotatable bonds is 10. The maximum Gasteiger partial charge on any atom is 0.414 e. The highest BCUT2D eigenvalue weighted by Crippen LogP contribution is 2.21. The zero-order chi connectivity index (χ0) is 22.1. The molecule has 0 saturated carbocycles. The summed E-state index contributed by atoms with van der Waals surface area (Å²) in [5.74, 6) is 0.286. The van der Waals surface area contributed by atoms with E-state index < -0.39 is 0 Å². The quantitative estimate of drug-likeness (QED) is 0.250. The van der Waals surface area contributed by atoms with Crippen LogP contribution >= 0.6 is 0 Å². The van der Waals surface area contributed by atoms with E-state index in [9.17, 15) is 9.59 Å². The summed E-state index contributed by atoms with van der Waals surface area (Å²) < 4.78 is 15.7. The first kappa shape index (κ1) is 22.1. The molecule has 0 spiro atoms. The van der Waals surface area contributed by atoms with E-state index in [1.165, 1.54) is 7.11 Å². The molecule has 1 aliphatic rings. The van der Waals surface area contributed by atoms with Gasteiger partial charge in [-0.25, -0.2) is 4.79 Å². The summed E-state index contributed by atoms with van der Waals surface area (Å²) in [5.41, 5.74) is 2.88. The minimum Gasteiger partial charge on any atom is -0.487 e. The SMILES string of the molecule is CCCO/N=C(\COc1cccc(CC(=O)OC)c1)c1cccc(N2CCOC2=O)c1. The molecule has 0 aromatic heterocycles. The number of hydrogen-bond donors (Lipinski definition) is 0. The van der Waals surface area contributed by atoms with Crippen molar-refractivity contribution in [1.82, 2.24) is 0 Å². The fourth-order valence-corrected chi connectivity index (χ4v) is 2.99. The molecule has 2 aromatic rings. The van der Waals surface area contributed by atoms with Gasteiger partial charge < -0.3 is 19.0 Å². The van der Waals surface area contributed by atoms with Crippen molar-refractivity contribution in [2.75, 3.05) is 38.4 Å². The highest BCUT2D eigenvalue weighted by atomic mass is 16.6. The molecule has 1 aliphatic heterocycles. The van der Waals surface area contributed by atoms with Gasteiger partial charge in [0.2, 0.25) is 0 Å². The van der Waals surface area contributed by atoms with Crippen molar-refractivity contribution in [3.63, 3.8) is 0 Å². The number of nitrogens with zero attached hydrogens (tertiary/aromatic N) is 2. The summed E-state index contributed by atoms with van der Waals surface area (Å²) in [7, 11) is 1.36. The largest absolute Gasteiger partial charge is 0.487 e. The summed E-state index contributed by atoms with van der Waals surface area (Å²) in [5, 5.41) is 4.25. The minimum atomic E-state index is -0.364. The van der Waals surface area contributed by atoms with Gasteiger partial charge >= 0.3 is 12.1 Å². The predicted octanol–water partition coefficient (Wildman–Crippen LogP) is 3.57. The first-order valence-electron chi connectivity index (χ1n) is 10.1. The zero-order valence-corrected chi connectivity index (χ0v) is 17.7. The smallest absolute Gasteiger partial charge is 0.414 e. The van der Waals surface area contributed by atoms with Gasteiger partial charge in [-0.05, 0) is 36.2 Å². The fourth-order valence-electron chi connectivity index (χ4n) is 2.99. The number of amides is 1. The van der Waals surface area contributed by atoms with Gasteiger partial charge in [0.05, 0.1) is 20.1 Å². The Morgan fingerprint density at radius 3 is 2.77 bits per heavy atom. The Kier molecular flexibility index (Phi) is 7.86. The Hall–Kier alpha value is -3.55. The Labute approximate surface area is 181 Å². The van der Waals surface area contributed by atoms with Crippen LogP contribution in [0.5, 0.6) is 5.75 Å². The van der Waals surface area contributed by atoms with Crippen LogP contribution in [0.1, 0.15) is 24.5 Å². The molecule has 0 aliphatic carbocycles. The molecule has 31 heavy (non-hydrogen) atoms. The van der Waals surface area contributed by atoms with Gasteiger partial charge in [0, 0.05) is 11.3 Å². The van der Waals surface area contributed by atoms with E-state index in [4.69, 9.17) is 19.0 Å². The monoisotopic (exact) mass is 426 g/mol. The van der Waals surface area contributed by atoms with Crippen LogP contribution in [0.15, 0.2) is 53.7 Å². The molecule has 1 saturated heterocycles. The van der Waals surface area contributed by atoms with E-state index in [2.05, 4.69) is 5.16 Å². The minimum absolute atomic E-state index is 0.152. The van der Waals surface area contributed by atoms with Crippen LogP contribution in [0.4, 0.5) is 10.5 Å². The number of cyclic esters (lactones) is 1. The van der Waals surface area contributed by atoms with Crippen LogP contribution in [-0.2, 0) is 25.5 Å². The van der Waals surface area contributed by atoms with E-state index in [1.54, 1.807) is 11.0 Å². The van der Waals surface area contributed by atoms with Crippen molar-refractivity contribution >= 4 is 23.5 Å². The molecule has 0 bridgehead atoms. The molecular weight excluding hydrogens is 400 g/mol. The molecule has 8 nitrogen and oxygen atoms in total. The Morgan fingerprint density at radius 1 is 1.19 bits per heavy atom. The molecule has 0 N–H and O–H groups in total. The lowest BCUT2D eigenvalue weighted by Crippen LogP contribution is -2.23. The lowest BCUT2D eigenvalue weighted by atomic mass is 10.1. The van der Waals surface area contributed by atoms with Crippen molar-refractivity contribution in [3.05, 3.63) is 59.7 Å². The number of benzene rings is 2. The molecule has 2 aromatic carbocycles. The summed E-state index contributed by atoms with van der Waals surface area (Å²) in [6, 6.07) is 14.7. The Bertz CT molecular complexity index is 943. The third-order valence-corrected chi connectivity index (χ3v) is 4.57. The molecular formula is C23H26N2O6. The van der Waals surface area contributed by atoms with Crippen molar-refractivity contribution in [2.24, 2.45) is 5.16 Å². The second-order valence-corrected chi connectivity index (χ2v) is 6.88. The maximum absolute atomic E-state index is 11.9. The van der Waals surface area contributed by atoms with E-state index >= 15 is 0 Å². The molecule has 0 atom stereocenters. The molecule has 0 radical (unpaired) electrons. The van der Waals surface area contributed by atoms with Crippen LogP contribution in [0.3, 0.4) is 0 Å². The van der Waals surface area contributed by atoms with Gasteiger partial charge in [0.25, 0.3) is 0 Å².